The number of anilines is 1. The molecule has 112 valence electrons. The van der Waals surface area contributed by atoms with E-state index >= 15 is 0 Å². The van der Waals surface area contributed by atoms with Gasteiger partial charge in [-0.2, -0.15) is 0 Å². The lowest BCUT2D eigenvalue weighted by Crippen LogP contribution is -2.33. The number of carbonyl (C=O) groups excluding carboxylic acids is 2. The number of para-hydroxylation sites is 1. The van der Waals surface area contributed by atoms with E-state index in [2.05, 4.69) is 18.8 Å². The van der Waals surface area contributed by atoms with Gasteiger partial charge in [0.1, 0.15) is 0 Å². The molecule has 1 aromatic rings. The first-order valence-corrected chi connectivity index (χ1v) is 7.36. The molecule has 1 atom stereocenters. The number of hydrogen-bond acceptors (Lipinski definition) is 2. The Hall–Kier alpha value is -2.10. The second-order valence-electron chi connectivity index (χ2n) is 5.38. The minimum atomic E-state index is -0.276. The first-order valence-electron chi connectivity index (χ1n) is 7.36. The maximum atomic E-state index is 12.3. The lowest BCUT2D eigenvalue weighted by molar-refractivity contribution is -0.126. The highest BCUT2D eigenvalue weighted by Gasteiger charge is 2.36. The van der Waals surface area contributed by atoms with Crippen molar-refractivity contribution in [1.82, 2.24) is 5.32 Å². The summed E-state index contributed by atoms with van der Waals surface area (Å²) in [7, 11) is 0. The molecule has 0 radical (unpaired) electrons. The van der Waals surface area contributed by atoms with Gasteiger partial charge in [0.15, 0.2) is 0 Å². The summed E-state index contributed by atoms with van der Waals surface area (Å²) in [5.41, 5.74) is 3.20. The predicted octanol–water partition coefficient (Wildman–Crippen LogP) is 2.21. The zero-order valence-electron chi connectivity index (χ0n) is 12.7. The zero-order chi connectivity index (χ0) is 15.4. The Bertz CT molecular complexity index is 566. The van der Waals surface area contributed by atoms with Crippen LogP contribution < -0.4 is 10.2 Å². The van der Waals surface area contributed by atoms with Gasteiger partial charge in [-0.25, -0.2) is 0 Å². The zero-order valence-corrected chi connectivity index (χ0v) is 12.7. The Labute approximate surface area is 125 Å². The van der Waals surface area contributed by atoms with E-state index in [-0.39, 0.29) is 24.2 Å². The number of hydrogen-bond donors (Lipinski definition) is 1. The van der Waals surface area contributed by atoms with Crippen LogP contribution in [0.25, 0.3) is 0 Å². The third-order valence-electron chi connectivity index (χ3n) is 3.89. The lowest BCUT2D eigenvalue weighted by atomic mass is 10.0. The fourth-order valence-electron chi connectivity index (χ4n) is 2.81. The highest BCUT2D eigenvalue weighted by molar-refractivity contribution is 6.01. The number of rotatable bonds is 5. The Balaban J connectivity index is 2.21. The molecule has 1 N–H and O–H groups in total. The maximum Gasteiger partial charge on any atom is 0.227 e. The van der Waals surface area contributed by atoms with Gasteiger partial charge < -0.3 is 10.2 Å². The average molecular weight is 286 g/mol. The predicted molar refractivity (Wildman–Crippen MR) is 84.2 cm³/mol. The molecular weight excluding hydrogens is 264 g/mol. The van der Waals surface area contributed by atoms with Crippen LogP contribution in [-0.2, 0) is 16.0 Å². The van der Waals surface area contributed by atoms with Crippen LogP contribution in [0, 0.1) is 12.8 Å². The second-order valence-corrected chi connectivity index (χ2v) is 5.38. The first-order chi connectivity index (χ1) is 10.1. The smallest absolute Gasteiger partial charge is 0.227 e. The summed E-state index contributed by atoms with van der Waals surface area (Å²) in [6.07, 6.45) is 2.79. The van der Waals surface area contributed by atoms with Crippen molar-refractivity contribution in [2.45, 2.75) is 26.7 Å². The number of nitrogens with zero attached hydrogens (tertiary/aromatic N) is 1. The number of nitrogens with one attached hydrogen (secondary N) is 1. The van der Waals surface area contributed by atoms with Crippen LogP contribution in [0.4, 0.5) is 5.69 Å². The molecule has 2 amide bonds. The van der Waals surface area contributed by atoms with Crippen molar-refractivity contribution in [1.29, 1.82) is 0 Å². The van der Waals surface area contributed by atoms with Crippen molar-refractivity contribution in [3.05, 3.63) is 42.0 Å². The van der Waals surface area contributed by atoms with Gasteiger partial charge in [0.05, 0.1) is 5.92 Å². The molecule has 0 saturated carbocycles. The van der Waals surface area contributed by atoms with E-state index < -0.39 is 0 Å². The fourth-order valence-corrected chi connectivity index (χ4v) is 2.81. The van der Waals surface area contributed by atoms with Crippen LogP contribution >= 0.6 is 0 Å². The Kier molecular flexibility index (Phi) is 4.78. The van der Waals surface area contributed by atoms with Gasteiger partial charge in [0.25, 0.3) is 0 Å². The van der Waals surface area contributed by atoms with Crippen molar-refractivity contribution in [3.8, 4) is 0 Å². The normalized spacial score (nSPS) is 17.9. The third kappa shape index (κ3) is 3.15. The minimum absolute atomic E-state index is 0.0257. The molecule has 1 aliphatic heterocycles. The molecule has 1 unspecified atom stereocenters. The van der Waals surface area contributed by atoms with E-state index in [4.69, 9.17) is 0 Å². The van der Waals surface area contributed by atoms with Gasteiger partial charge in [0.2, 0.25) is 11.8 Å². The van der Waals surface area contributed by atoms with Gasteiger partial charge in [-0.15, -0.1) is 6.58 Å². The molecule has 0 aliphatic carbocycles. The molecular formula is C17H22N2O2. The van der Waals surface area contributed by atoms with Crippen LogP contribution in [0.5, 0.6) is 0 Å². The molecule has 21 heavy (non-hydrogen) atoms. The van der Waals surface area contributed by atoms with Crippen molar-refractivity contribution < 1.29 is 9.59 Å². The summed E-state index contributed by atoms with van der Waals surface area (Å²) in [5.74, 6) is -0.322. The Morgan fingerprint density at radius 2 is 2.29 bits per heavy atom. The summed E-state index contributed by atoms with van der Waals surface area (Å²) < 4.78 is 0. The van der Waals surface area contributed by atoms with E-state index in [0.29, 0.717) is 13.1 Å². The highest BCUT2D eigenvalue weighted by atomic mass is 16.2. The van der Waals surface area contributed by atoms with Gasteiger partial charge in [-0.3, -0.25) is 9.59 Å². The topological polar surface area (TPSA) is 49.4 Å². The first kappa shape index (κ1) is 15.3. The fraction of sp³-hybridized carbons (Fsp3) is 0.412. The molecule has 1 aromatic carbocycles. The van der Waals surface area contributed by atoms with Crippen LogP contribution in [0.2, 0.25) is 0 Å². The summed E-state index contributed by atoms with van der Waals surface area (Å²) in [4.78, 5) is 26.1. The van der Waals surface area contributed by atoms with Crippen molar-refractivity contribution in [2.75, 3.05) is 18.0 Å². The molecule has 1 heterocycles. The van der Waals surface area contributed by atoms with Crippen molar-refractivity contribution in [3.63, 3.8) is 0 Å². The Morgan fingerprint density at radius 1 is 1.52 bits per heavy atom. The molecule has 1 aliphatic rings. The van der Waals surface area contributed by atoms with Gasteiger partial charge in [0, 0.05) is 25.2 Å². The molecule has 4 heteroatoms. The molecule has 0 bridgehead atoms. The van der Waals surface area contributed by atoms with E-state index in [1.165, 1.54) is 0 Å². The lowest BCUT2D eigenvalue weighted by Gasteiger charge is -2.22. The number of benzene rings is 1. The van der Waals surface area contributed by atoms with E-state index in [0.717, 1.165) is 23.2 Å². The summed E-state index contributed by atoms with van der Waals surface area (Å²) in [6, 6.07) is 6.06. The standard InChI is InChI=1S/C17H22N2O2/c1-4-9-18-17(21)14-10-15(20)19(11-14)16-12(3)7-6-8-13(16)5-2/h4,6-8,14H,1,5,9-11H2,2-3H3,(H,18,21). The monoisotopic (exact) mass is 286 g/mol. The molecule has 0 spiro atoms. The van der Waals surface area contributed by atoms with Crippen molar-refractivity contribution in [2.24, 2.45) is 5.92 Å². The van der Waals surface area contributed by atoms with Crippen LogP contribution in [0.15, 0.2) is 30.9 Å². The molecule has 1 saturated heterocycles. The van der Waals surface area contributed by atoms with E-state index in [1.807, 2.05) is 25.1 Å². The Morgan fingerprint density at radius 3 is 2.95 bits per heavy atom. The summed E-state index contributed by atoms with van der Waals surface area (Å²) in [5, 5.41) is 2.77. The molecule has 4 nitrogen and oxygen atoms in total. The highest BCUT2D eigenvalue weighted by Crippen LogP contribution is 2.31. The molecule has 0 aromatic heterocycles. The van der Waals surface area contributed by atoms with Crippen molar-refractivity contribution >= 4 is 17.5 Å². The second kappa shape index (κ2) is 6.57. The van der Waals surface area contributed by atoms with Crippen LogP contribution in [0.1, 0.15) is 24.5 Å². The summed E-state index contributed by atoms with van der Waals surface area (Å²) in [6.45, 7) is 8.56. The number of amides is 2. The molecule has 1 fully saturated rings. The van der Waals surface area contributed by atoms with Gasteiger partial charge >= 0.3 is 0 Å². The minimum Gasteiger partial charge on any atom is -0.352 e. The van der Waals surface area contributed by atoms with Gasteiger partial charge in [-0.05, 0) is 24.5 Å². The quantitative estimate of drug-likeness (QED) is 0.844. The molecule has 2 rings (SSSR count). The average Bonchev–Trinajstić information content (AvgIpc) is 2.86. The SMILES string of the molecule is C=CCNC(=O)C1CC(=O)N(c2c(C)cccc2CC)C1. The summed E-state index contributed by atoms with van der Waals surface area (Å²) >= 11 is 0. The van der Waals surface area contributed by atoms with E-state index in [9.17, 15) is 9.59 Å². The number of carbonyl (C=O) groups is 2. The largest absolute Gasteiger partial charge is 0.352 e. The van der Waals surface area contributed by atoms with Gasteiger partial charge in [-0.1, -0.05) is 31.2 Å². The maximum absolute atomic E-state index is 12.3. The number of aryl methyl sites for hydroxylation is 2. The van der Waals surface area contributed by atoms with Crippen LogP contribution in [-0.4, -0.2) is 24.9 Å². The van der Waals surface area contributed by atoms with Crippen LogP contribution in [0.3, 0.4) is 0 Å². The third-order valence-corrected chi connectivity index (χ3v) is 3.89. The van der Waals surface area contributed by atoms with E-state index in [1.54, 1.807) is 11.0 Å².